The molecule has 0 bridgehead atoms. The third kappa shape index (κ3) is 3.84. The minimum absolute atomic E-state index is 0.105. The van der Waals surface area contributed by atoms with Gasteiger partial charge in [0.05, 0.1) is 13.2 Å². The van der Waals surface area contributed by atoms with Crippen LogP contribution in [0, 0.1) is 5.92 Å². The lowest BCUT2D eigenvalue weighted by atomic mass is 9.83. The van der Waals surface area contributed by atoms with Gasteiger partial charge in [-0.3, -0.25) is 0 Å². The van der Waals surface area contributed by atoms with Gasteiger partial charge in [0.2, 0.25) is 0 Å². The maximum Gasteiger partial charge on any atom is 0.410 e. The predicted octanol–water partition coefficient (Wildman–Crippen LogP) is 0.458. The second-order valence-electron chi connectivity index (χ2n) is 5.99. The van der Waals surface area contributed by atoms with Crippen molar-refractivity contribution >= 4 is 6.09 Å². The summed E-state index contributed by atoms with van der Waals surface area (Å²) in [6, 6.07) is -0.357. The Morgan fingerprint density at radius 3 is 2.70 bits per heavy atom. The van der Waals surface area contributed by atoms with Crippen molar-refractivity contribution in [2.24, 2.45) is 11.7 Å². The zero-order chi connectivity index (χ0) is 14.5. The number of rotatable bonds is 6. The van der Waals surface area contributed by atoms with Crippen LogP contribution in [0.1, 0.15) is 38.5 Å². The first-order valence-electron chi connectivity index (χ1n) is 7.62. The van der Waals surface area contributed by atoms with Crippen LogP contribution in [0.3, 0.4) is 0 Å². The Labute approximate surface area is 119 Å². The zero-order valence-corrected chi connectivity index (χ0v) is 11.9. The fraction of sp³-hybridized carbons (Fsp3) is 0.929. The van der Waals surface area contributed by atoms with E-state index in [9.17, 15) is 9.90 Å². The molecule has 6 heteroatoms. The molecule has 20 heavy (non-hydrogen) atoms. The number of β-amino-alcohol motifs (C(OH)–C–C–N with tert-alkyl or cyclic N) is 1. The highest BCUT2D eigenvalue weighted by Gasteiger charge is 2.38. The lowest BCUT2D eigenvalue weighted by Gasteiger charge is -2.28. The van der Waals surface area contributed by atoms with Gasteiger partial charge >= 0.3 is 6.09 Å². The second kappa shape index (κ2) is 7.24. The molecule has 6 nitrogen and oxygen atoms in total. The Kier molecular flexibility index (Phi) is 5.63. The minimum Gasteiger partial charge on any atom is -0.441 e. The Hall–Kier alpha value is -0.850. The second-order valence-corrected chi connectivity index (χ2v) is 5.99. The largest absolute Gasteiger partial charge is 0.441 e. The van der Waals surface area contributed by atoms with Crippen molar-refractivity contribution in [3.63, 3.8) is 0 Å². The molecule has 1 aliphatic heterocycles. The number of hydrogen-bond donors (Lipinski definition) is 3. The fourth-order valence-corrected chi connectivity index (χ4v) is 3.24. The van der Waals surface area contributed by atoms with Crippen molar-refractivity contribution in [3.8, 4) is 0 Å². The molecule has 1 heterocycles. The summed E-state index contributed by atoms with van der Waals surface area (Å²) >= 11 is 0. The van der Waals surface area contributed by atoms with E-state index in [4.69, 9.17) is 15.6 Å². The summed E-state index contributed by atoms with van der Waals surface area (Å²) < 4.78 is 5.14. The van der Waals surface area contributed by atoms with Crippen LogP contribution >= 0.6 is 0 Å². The van der Waals surface area contributed by atoms with E-state index in [0.717, 1.165) is 6.42 Å². The molecule has 0 radical (unpaired) electrons. The van der Waals surface area contributed by atoms with Crippen molar-refractivity contribution in [1.29, 1.82) is 0 Å². The summed E-state index contributed by atoms with van der Waals surface area (Å²) in [7, 11) is 0. The van der Waals surface area contributed by atoms with Crippen LogP contribution in [0.4, 0.5) is 4.79 Å². The number of carbonyl (C=O) groups excluding carboxylic acids is 1. The van der Waals surface area contributed by atoms with Gasteiger partial charge < -0.3 is 25.6 Å². The highest BCUT2D eigenvalue weighted by Crippen LogP contribution is 2.28. The van der Waals surface area contributed by atoms with Gasteiger partial charge in [-0.05, 0) is 12.3 Å². The van der Waals surface area contributed by atoms with Gasteiger partial charge in [0.1, 0.15) is 12.2 Å². The molecule has 3 unspecified atom stereocenters. The van der Waals surface area contributed by atoms with Crippen molar-refractivity contribution in [1.82, 2.24) is 4.90 Å². The smallest absolute Gasteiger partial charge is 0.410 e. The average molecular weight is 286 g/mol. The molecule has 116 valence electrons. The summed E-state index contributed by atoms with van der Waals surface area (Å²) in [5.41, 5.74) is 6.08. The normalized spacial score (nSPS) is 27.4. The van der Waals surface area contributed by atoms with Crippen LogP contribution < -0.4 is 5.73 Å². The summed E-state index contributed by atoms with van der Waals surface area (Å²) in [5, 5.41) is 19.1. The van der Waals surface area contributed by atoms with Crippen molar-refractivity contribution < 1.29 is 19.7 Å². The van der Waals surface area contributed by atoms with Crippen molar-refractivity contribution in [2.75, 3.05) is 19.7 Å². The van der Waals surface area contributed by atoms with Crippen LogP contribution in [-0.4, -0.2) is 59.2 Å². The Morgan fingerprint density at radius 1 is 1.35 bits per heavy atom. The fourth-order valence-electron chi connectivity index (χ4n) is 3.24. The van der Waals surface area contributed by atoms with Crippen LogP contribution in [0.2, 0.25) is 0 Å². The summed E-state index contributed by atoms with van der Waals surface area (Å²) in [4.78, 5) is 12.9. The van der Waals surface area contributed by atoms with E-state index >= 15 is 0 Å². The molecule has 1 aliphatic carbocycles. The SMILES string of the molecule is NC(CC1CCCCC1)C(O)C1CN(CCO)C(=O)O1. The number of amides is 1. The van der Waals surface area contributed by atoms with E-state index in [2.05, 4.69) is 0 Å². The topological polar surface area (TPSA) is 96.0 Å². The van der Waals surface area contributed by atoms with Gasteiger partial charge in [-0.1, -0.05) is 32.1 Å². The third-order valence-corrected chi connectivity index (χ3v) is 4.43. The first-order valence-corrected chi connectivity index (χ1v) is 7.62. The molecular weight excluding hydrogens is 260 g/mol. The summed E-state index contributed by atoms with van der Waals surface area (Å²) in [5.74, 6) is 0.582. The van der Waals surface area contributed by atoms with E-state index in [1.807, 2.05) is 0 Å². The van der Waals surface area contributed by atoms with Gasteiger partial charge in [0.25, 0.3) is 0 Å². The lowest BCUT2D eigenvalue weighted by molar-refractivity contribution is 0.0120. The summed E-state index contributed by atoms with van der Waals surface area (Å²) in [6.45, 7) is 0.435. The Morgan fingerprint density at radius 2 is 2.05 bits per heavy atom. The number of aliphatic hydroxyl groups excluding tert-OH is 2. The van der Waals surface area contributed by atoms with Gasteiger partial charge in [0, 0.05) is 12.6 Å². The molecule has 1 amide bonds. The van der Waals surface area contributed by atoms with E-state index in [-0.39, 0.29) is 19.2 Å². The van der Waals surface area contributed by atoms with E-state index in [1.54, 1.807) is 0 Å². The molecule has 0 aromatic carbocycles. The molecule has 2 fully saturated rings. The Balaban J connectivity index is 1.81. The average Bonchev–Trinajstić information content (AvgIpc) is 2.81. The van der Waals surface area contributed by atoms with Crippen molar-refractivity contribution in [2.45, 2.75) is 56.8 Å². The molecule has 0 spiro atoms. The van der Waals surface area contributed by atoms with Crippen LogP contribution in [0.5, 0.6) is 0 Å². The molecule has 3 atom stereocenters. The maximum absolute atomic E-state index is 11.5. The number of carbonyl (C=O) groups is 1. The van der Waals surface area contributed by atoms with Gasteiger partial charge in [-0.25, -0.2) is 4.79 Å². The highest BCUT2D eigenvalue weighted by atomic mass is 16.6. The van der Waals surface area contributed by atoms with Crippen LogP contribution in [0.15, 0.2) is 0 Å². The quantitative estimate of drug-likeness (QED) is 0.659. The molecule has 1 saturated carbocycles. The van der Waals surface area contributed by atoms with E-state index in [1.165, 1.54) is 37.0 Å². The number of nitrogens with zero attached hydrogens (tertiary/aromatic N) is 1. The molecule has 2 aliphatic rings. The molecule has 4 N–H and O–H groups in total. The van der Waals surface area contributed by atoms with Crippen molar-refractivity contribution in [3.05, 3.63) is 0 Å². The molecule has 0 aromatic heterocycles. The van der Waals surface area contributed by atoms with Gasteiger partial charge in [-0.15, -0.1) is 0 Å². The minimum atomic E-state index is -0.829. The lowest BCUT2D eigenvalue weighted by Crippen LogP contribution is -2.46. The molecular formula is C14H26N2O4. The summed E-state index contributed by atoms with van der Waals surface area (Å²) in [6.07, 6.45) is 5.06. The molecule has 1 saturated heterocycles. The maximum atomic E-state index is 11.5. The standard InChI is InChI=1S/C14H26N2O4/c15-11(8-10-4-2-1-3-5-10)13(18)12-9-16(6-7-17)14(19)20-12/h10-13,17-18H,1-9,15H2. The number of hydrogen-bond acceptors (Lipinski definition) is 5. The van der Waals surface area contributed by atoms with Crippen LogP contribution in [-0.2, 0) is 4.74 Å². The predicted molar refractivity (Wildman–Crippen MR) is 74.1 cm³/mol. The monoisotopic (exact) mass is 286 g/mol. The number of cyclic esters (lactones) is 1. The van der Waals surface area contributed by atoms with Gasteiger partial charge in [-0.2, -0.15) is 0 Å². The number of ether oxygens (including phenoxy) is 1. The van der Waals surface area contributed by atoms with Crippen LogP contribution in [0.25, 0.3) is 0 Å². The molecule has 2 rings (SSSR count). The number of nitrogens with two attached hydrogens (primary N) is 1. The first kappa shape index (κ1) is 15.5. The van der Waals surface area contributed by atoms with Gasteiger partial charge in [0.15, 0.2) is 0 Å². The van der Waals surface area contributed by atoms with E-state index in [0.29, 0.717) is 12.5 Å². The Bertz CT molecular complexity index is 320. The molecule has 0 aromatic rings. The first-order chi connectivity index (χ1) is 9.61. The van der Waals surface area contributed by atoms with E-state index < -0.39 is 18.3 Å². The highest BCUT2D eigenvalue weighted by molar-refractivity contribution is 5.70. The number of aliphatic hydroxyl groups is 2. The zero-order valence-electron chi connectivity index (χ0n) is 11.9. The third-order valence-electron chi connectivity index (χ3n) is 4.43.